The minimum atomic E-state index is -4.26. The monoisotopic (exact) mass is 387 g/mol. The maximum Gasteiger partial charge on any atom is 0.411 e. The smallest absolute Gasteiger partial charge is 0.372 e. The molecule has 8 heteroatoms. The fourth-order valence-electron chi connectivity index (χ4n) is 3.01. The first-order valence-electron chi connectivity index (χ1n) is 9.24. The third-order valence-electron chi connectivity index (χ3n) is 4.60. The fraction of sp³-hybridized carbons (Fsp3) is 0.632. The van der Waals surface area contributed by atoms with Crippen LogP contribution in [0.15, 0.2) is 24.3 Å². The summed E-state index contributed by atoms with van der Waals surface area (Å²) in [5.74, 6) is 0.00672. The summed E-state index contributed by atoms with van der Waals surface area (Å²) in [7, 11) is 0. The van der Waals surface area contributed by atoms with Crippen molar-refractivity contribution in [2.24, 2.45) is 0 Å². The Kier molecular flexibility index (Phi) is 8.53. The van der Waals surface area contributed by atoms with Gasteiger partial charge in [0, 0.05) is 45.9 Å². The molecule has 5 nitrogen and oxygen atoms in total. The molecule has 2 rings (SSSR count). The number of nitrogens with zero attached hydrogens (tertiary/aromatic N) is 2. The highest BCUT2D eigenvalue weighted by molar-refractivity contribution is 5.78. The van der Waals surface area contributed by atoms with Crippen LogP contribution in [-0.4, -0.2) is 74.4 Å². The van der Waals surface area contributed by atoms with Crippen LogP contribution in [0.4, 0.5) is 13.2 Å². The van der Waals surface area contributed by atoms with Gasteiger partial charge in [0.25, 0.3) is 0 Å². The number of aryl methyl sites for hydroxylation is 1. The largest absolute Gasteiger partial charge is 0.411 e. The number of hydrogen-bond acceptors (Lipinski definition) is 4. The zero-order valence-corrected chi connectivity index (χ0v) is 15.7. The van der Waals surface area contributed by atoms with Crippen LogP contribution < -0.4 is 5.32 Å². The van der Waals surface area contributed by atoms with E-state index in [0.29, 0.717) is 26.1 Å². The molecule has 0 radical (unpaired) electrons. The third-order valence-corrected chi connectivity index (χ3v) is 4.60. The van der Waals surface area contributed by atoms with Crippen LogP contribution in [0.25, 0.3) is 0 Å². The molecule has 0 spiro atoms. The summed E-state index contributed by atoms with van der Waals surface area (Å²) in [6, 6.07) is 7.96. The Morgan fingerprint density at radius 3 is 2.48 bits per heavy atom. The maximum atomic E-state index is 12.1. The quantitative estimate of drug-likeness (QED) is 0.660. The maximum absolute atomic E-state index is 12.1. The van der Waals surface area contributed by atoms with Crippen LogP contribution in [0.2, 0.25) is 0 Å². The first-order valence-corrected chi connectivity index (χ1v) is 9.24. The second-order valence-electron chi connectivity index (χ2n) is 6.84. The van der Waals surface area contributed by atoms with Crippen molar-refractivity contribution >= 4 is 5.91 Å². The minimum absolute atomic E-state index is 0.00672. The molecule has 0 unspecified atom stereocenters. The first-order chi connectivity index (χ1) is 12.8. The highest BCUT2D eigenvalue weighted by atomic mass is 19.4. The molecule has 1 aliphatic heterocycles. The van der Waals surface area contributed by atoms with E-state index in [9.17, 15) is 18.0 Å². The van der Waals surface area contributed by atoms with Crippen LogP contribution in [-0.2, 0) is 16.1 Å². The van der Waals surface area contributed by atoms with Gasteiger partial charge in [-0.3, -0.25) is 9.69 Å². The summed E-state index contributed by atoms with van der Waals surface area (Å²) in [6.07, 6.45) is -3.68. The molecule has 1 aliphatic rings. The molecule has 0 aromatic heterocycles. The lowest BCUT2D eigenvalue weighted by Gasteiger charge is -2.34. The van der Waals surface area contributed by atoms with Gasteiger partial charge in [-0.15, -0.1) is 0 Å². The van der Waals surface area contributed by atoms with E-state index in [0.717, 1.165) is 37.3 Å². The molecular weight excluding hydrogens is 359 g/mol. The summed E-state index contributed by atoms with van der Waals surface area (Å²) in [5.41, 5.74) is 2.27. The Morgan fingerprint density at radius 1 is 1.15 bits per heavy atom. The second kappa shape index (κ2) is 10.6. The van der Waals surface area contributed by atoms with Crippen LogP contribution >= 0.6 is 0 Å². The van der Waals surface area contributed by atoms with Crippen molar-refractivity contribution in [2.75, 3.05) is 52.5 Å². The number of halogens is 3. The standard InChI is InChI=1S/C19H28F3N3O2/c1-16-5-2-3-6-17(16)13-23-18(26)14-25-10-8-24(9-11-25)7-4-12-27-15-19(20,21)22/h2-3,5-6H,4,7-15H2,1H3,(H,23,26). The van der Waals surface area contributed by atoms with E-state index >= 15 is 0 Å². The van der Waals surface area contributed by atoms with Gasteiger partial charge in [0.1, 0.15) is 6.61 Å². The number of alkyl halides is 3. The van der Waals surface area contributed by atoms with Gasteiger partial charge in [0.2, 0.25) is 5.91 Å². The highest BCUT2D eigenvalue weighted by Crippen LogP contribution is 2.14. The molecule has 1 fully saturated rings. The number of benzene rings is 1. The Labute approximate surface area is 158 Å². The molecule has 0 saturated carbocycles. The van der Waals surface area contributed by atoms with E-state index < -0.39 is 12.8 Å². The Morgan fingerprint density at radius 2 is 1.81 bits per heavy atom. The molecule has 1 aromatic rings. The van der Waals surface area contributed by atoms with Crippen LogP contribution in [0.3, 0.4) is 0 Å². The Balaban J connectivity index is 1.56. The number of amides is 1. The molecule has 0 bridgehead atoms. The molecular formula is C19H28F3N3O2. The first kappa shape index (κ1) is 21.7. The summed E-state index contributed by atoms with van der Waals surface area (Å²) in [6.45, 7) is 5.74. The molecule has 0 atom stereocenters. The van der Waals surface area contributed by atoms with Crippen LogP contribution in [0, 0.1) is 6.92 Å². The lowest BCUT2D eigenvalue weighted by Crippen LogP contribution is -2.49. The molecule has 0 aliphatic carbocycles. The molecule has 1 saturated heterocycles. The molecule has 1 amide bonds. The van der Waals surface area contributed by atoms with Crippen molar-refractivity contribution < 1.29 is 22.7 Å². The van der Waals surface area contributed by atoms with Crippen molar-refractivity contribution in [1.82, 2.24) is 15.1 Å². The van der Waals surface area contributed by atoms with Crippen molar-refractivity contribution in [3.8, 4) is 0 Å². The van der Waals surface area contributed by atoms with E-state index in [1.54, 1.807) is 0 Å². The number of rotatable bonds is 9. The van der Waals surface area contributed by atoms with E-state index in [2.05, 4.69) is 19.9 Å². The zero-order valence-electron chi connectivity index (χ0n) is 15.7. The molecule has 1 heterocycles. The van der Waals surface area contributed by atoms with Crippen LogP contribution in [0.1, 0.15) is 17.5 Å². The van der Waals surface area contributed by atoms with Crippen molar-refractivity contribution in [3.63, 3.8) is 0 Å². The minimum Gasteiger partial charge on any atom is -0.372 e. The molecule has 152 valence electrons. The van der Waals surface area contributed by atoms with Gasteiger partial charge in [0.15, 0.2) is 0 Å². The van der Waals surface area contributed by atoms with Gasteiger partial charge in [-0.1, -0.05) is 24.3 Å². The average molecular weight is 387 g/mol. The summed E-state index contributed by atoms with van der Waals surface area (Å²) in [4.78, 5) is 16.4. The SMILES string of the molecule is Cc1ccccc1CNC(=O)CN1CCN(CCCOCC(F)(F)F)CC1. The number of hydrogen-bond donors (Lipinski definition) is 1. The van der Waals surface area contributed by atoms with Gasteiger partial charge in [0.05, 0.1) is 6.54 Å². The lowest BCUT2D eigenvalue weighted by atomic mass is 10.1. The topological polar surface area (TPSA) is 44.8 Å². The predicted octanol–water partition coefficient (Wildman–Crippen LogP) is 2.20. The van der Waals surface area contributed by atoms with Gasteiger partial charge < -0.3 is 15.0 Å². The predicted molar refractivity (Wildman–Crippen MR) is 97.4 cm³/mol. The Bertz CT molecular complexity index is 588. The van der Waals surface area contributed by atoms with Crippen molar-refractivity contribution in [1.29, 1.82) is 0 Å². The fourth-order valence-corrected chi connectivity index (χ4v) is 3.01. The summed E-state index contributed by atoms with van der Waals surface area (Å²) >= 11 is 0. The van der Waals surface area contributed by atoms with Crippen molar-refractivity contribution in [3.05, 3.63) is 35.4 Å². The normalized spacial score (nSPS) is 16.4. The van der Waals surface area contributed by atoms with Gasteiger partial charge in [-0.2, -0.15) is 13.2 Å². The van der Waals surface area contributed by atoms with E-state index in [-0.39, 0.29) is 12.5 Å². The van der Waals surface area contributed by atoms with Gasteiger partial charge in [-0.25, -0.2) is 0 Å². The third kappa shape index (κ3) is 8.73. The van der Waals surface area contributed by atoms with E-state index in [4.69, 9.17) is 0 Å². The number of carbonyl (C=O) groups is 1. The van der Waals surface area contributed by atoms with E-state index in [1.165, 1.54) is 0 Å². The average Bonchev–Trinajstić information content (AvgIpc) is 2.61. The van der Waals surface area contributed by atoms with Crippen LogP contribution in [0.5, 0.6) is 0 Å². The van der Waals surface area contributed by atoms with Gasteiger partial charge >= 0.3 is 6.18 Å². The second-order valence-corrected chi connectivity index (χ2v) is 6.84. The van der Waals surface area contributed by atoms with E-state index in [1.807, 2.05) is 31.2 Å². The van der Waals surface area contributed by atoms with Crippen molar-refractivity contribution in [2.45, 2.75) is 26.1 Å². The highest BCUT2D eigenvalue weighted by Gasteiger charge is 2.27. The lowest BCUT2D eigenvalue weighted by molar-refractivity contribution is -0.174. The summed E-state index contributed by atoms with van der Waals surface area (Å²) < 4.78 is 40.6. The summed E-state index contributed by atoms with van der Waals surface area (Å²) in [5, 5.41) is 2.96. The number of carbonyl (C=O) groups excluding carboxylic acids is 1. The number of piperazine rings is 1. The van der Waals surface area contributed by atoms with Gasteiger partial charge in [-0.05, 0) is 24.5 Å². The zero-order chi connectivity index (χ0) is 19.7. The molecule has 27 heavy (non-hydrogen) atoms. The Hall–Kier alpha value is -1.64. The molecule has 1 N–H and O–H groups in total. The number of ether oxygens (including phenoxy) is 1. The molecule has 1 aromatic carbocycles. The number of nitrogens with one attached hydrogen (secondary N) is 1.